The predicted octanol–water partition coefficient (Wildman–Crippen LogP) is 3.37. The van der Waals surface area contributed by atoms with Gasteiger partial charge in [0.2, 0.25) is 0 Å². The standard InChI is InChI=1S/C24H29F3N6O2/c1-14-11-20(35-2)17(15-5-7-30-21(14)15)12-33-10-9-32(8-6-24(25,26)27)13-19(33)18-4-3-16(23(29)34)22(28)31-18/h3-5,7,11,19,30H,6,8-10,12-13H2,1-2H3,(H2,28,31)(H2,29,34). The number of nitrogens with one attached hydrogen (secondary N) is 1. The van der Waals surface area contributed by atoms with Crippen LogP contribution in [0.4, 0.5) is 19.0 Å². The molecule has 1 amide bonds. The highest BCUT2D eigenvalue weighted by Crippen LogP contribution is 2.35. The molecule has 3 heterocycles. The van der Waals surface area contributed by atoms with Gasteiger partial charge in [-0.1, -0.05) is 0 Å². The van der Waals surface area contributed by atoms with Gasteiger partial charge in [-0.25, -0.2) is 4.98 Å². The largest absolute Gasteiger partial charge is 0.496 e. The monoisotopic (exact) mass is 490 g/mol. The summed E-state index contributed by atoms with van der Waals surface area (Å²) >= 11 is 0. The zero-order valence-electron chi connectivity index (χ0n) is 19.7. The Hall–Kier alpha value is -3.31. The van der Waals surface area contributed by atoms with Gasteiger partial charge in [-0.05, 0) is 36.8 Å². The molecule has 1 aromatic carbocycles. The molecule has 8 nitrogen and oxygen atoms in total. The number of carbonyl (C=O) groups is 1. The van der Waals surface area contributed by atoms with Gasteiger partial charge in [0, 0.05) is 55.4 Å². The maximum absolute atomic E-state index is 12.9. The van der Waals surface area contributed by atoms with E-state index in [-0.39, 0.29) is 24.0 Å². The van der Waals surface area contributed by atoms with Gasteiger partial charge in [0.1, 0.15) is 11.6 Å². The number of hydrogen-bond acceptors (Lipinski definition) is 6. The number of anilines is 1. The molecule has 1 aliphatic heterocycles. The van der Waals surface area contributed by atoms with Gasteiger partial charge in [0.15, 0.2) is 0 Å². The molecule has 1 unspecified atom stereocenters. The molecule has 1 fully saturated rings. The van der Waals surface area contributed by atoms with E-state index in [0.29, 0.717) is 31.9 Å². The fraction of sp³-hybridized carbons (Fsp3) is 0.417. The van der Waals surface area contributed by atoms with Crippen LogP contribution in [0.5, 0.6) is 5.75 Å². The Morgan fingerprint density at radius 1 is 1.29 bits per heavy atom. The number of ether oxygens (including phenoxy) is 1. The SMILES string of the molecule is COc1cc(C)c2[nH]ccc2c1CN1CCN(CCC(F)(F)F)CC1c1ccc(C(N)=O)c(N)n1. The number of methoxy groups -OCH3 is 1. The van der Waals surface area contributed by atoms with Crippen molar-refractivity contribution >= 4 is 22.6 Å². The first-order valence-corrected chi connectivity index (χ1v) is 11.3. The van der Waals surface area contributed by atoms with Crippen LogP contribution in [-0.2, 0) is 6.54 Å². The average Bonchev–Trinajstić information content (AvgIpc) is 3.30. The number of nitrogens with two attached hydrogens (primary N) is 2. The molecule has 0 aliphatic carbocycles. The summed E-state index contributed by atoms with van der Waals surface area (Å²) in [5, 5.41) is 1.02. The van der Waals surface area contributed by atoms with Crippen molar-refractivity contribution in [2.45, 2.75) is 32.1 Å². The van der Waals surface area contributed by atoms with Crippen molar-refractivity contribution in [1.82, 2.24) is 19.8 Å². The summed E-state index contributed by atoms with van der Waals surface area (Å²) in [6.07, 6.45) is -3.24. The van der Waals surface area contributed by atoms with E-state index in [1.165, 1.54) is 6.07 Å². The minimum atomic E-state index is -4.23. The predicted molar refractivity (Wildman–Crippen MR) is 127 cm³/mol. The summed E-state index contributed by atoms with van der Waals surface area (Å²) in [7, 11) is 1.62. The van der Waals surface area contributed by atoms with Crippen molar-refractivity contribution in [3.05, 3.63) is 52.8 Å². The molecule has 0 radical (unpaired) electrons. The Bertz CT molecular complexity index is 1230. The van der Waals surface area contributed by atoms with Crippen LogP contribution in [0.2, 0.25) is 0 Å². The lowest BCUT2D eigenvalue weighted by molar-refractivity contribution is -0.139. The minimum absolute atomic E-state index is 0.00306. The maximum atomic E-state index is 12.9. The van der Waals surface area contributed by atoms with Crippen molar-refractivity contribution < 1.29 is 22.7 Å². The number of fused-ring (bicyclic) bond motifs is 1. The molecule has 35 heavy (non-hydrogen) atoms. The van der Waals surface area contributed by atoms with Crippen molar-refractivity contribution in [2.75, 3.05) is 39.0 Å². The number of nitrogen functional groups attached to an aromatic ring is 1. The second-order valence-corrected chi connectivity index (χ2v) is 8.83. The topological polar surface area (TPSA) is 114 Å². The van der Waals surface area contributed by atoms with Gasteiger partial charge in [-0.2, -0.15) is 13.2 Å². The third-order valence-electron chi connectivity index (χ3n) is 6.53. The smallest absolute Gasteiger partial charge is 0.390 e. The van der Waals surface area contributed by atoms with Gasteiger partial charge in [-0.15, -0.1) is 0 Å². The Morgan fingerprint density at radius 2 is 2.06 bits per heavy atom. The minimum Gasteiger partial charge on any atom is -0.496 e. The highest BCUT2D eigenvalue weighted by atomic mass is 19.4. The number of piperazine rings is 1. The van der Waals surface area contributed by atoms with Gasteiger partial charge >= 0.3 is 6.18 Å². The molecule has 11 heteroatoms. The maximum Gasteiger partial charge on any atom is 0.390 e. The lowest BCUT2D eigenvalue weighted by atomic mass is 10.0. The van der Waals surface area contributed by atoms with Crippen LogP contribution < -0.4 is 16.2 Å². The third kappa shape index (κ3) is 5.35. The van der Waals surface area contributed by atoms with E-state index in [1.54, 1.807) is 18.1 Å². The molecule has 0 saturated carbocycles. The number of aromatic amines is 1. The van der Waals surface area contributed by atoms with E-state index in [9.17, 15) is 18.0 Å². The molecular weight excluding hydrogens is 461 g/mol. The van der Waals surface area contributed by atoms with Crippen LogP contribution in [0, 0.1) is 6.92 Å². The van der Waals surface area contributed by atoms with Gasteiger partial charge < -0.3 is 21.2 Å². The fourth-order valence-corrected chi connectivity index (χ4v) is 4.70. The van der Waals surface area contributed by atoms with Crippen molar-refractivity contribution in [3.63, 3.8) is 0 Å². The first-order chi connectivity index (χ1) is 16.6. The number of benzene rings is 1. The number of aromatic nitrogens is 2. The molecule has 0 spiro atoms. The quantitative estimate of drug-likeness (QED) is 0.468. The second-order valence-electron chi connectivity index (χ2n) is 8.83. The summed E-state index contributed by atoms with van der Waals surface area (Å²) in [6, 6.07) is 6.80. The molecule has 1 atom stereocenters. The molecule has 4 rings (SSSR count). The summed E-state index contributed by atoms with van der Waals surface area (Å²) in [5.74, 6) is 0.0563. The Kier molecular flexibility index (Phi) is 6.91. The van der Waals surface area contributed by atoms with Crippen molar-refractivity contribution in [2.24, 2.45) is 5.73 Å². The molecule has 3 aromatic rings. The van der Waals surface area contributed by atoms with E-state index in [0.717, 1.165) is 27.8 Å². The van der Waals surface area contributed by atoms with Crippen molar-refractivity contribution in [1.29, 1.82) is 0 Å². The zero-order valence-corrected chi connectivity index (χ0v) is 19.7. The van der Waals surface area contributed by atoms with Crippen LogP contribution in [0.3, 0.4) is 0 Å². The van der Waals surface area contributed by atoms with Crippen LogP contribution in [0.15, 0.2) is 30.5 Å². The lowest BCUT2D eigenvalue weighted by Gasteiger charge is -2.41. The number of amides is 1. The van der Waals surface area contributed by atoms with Gasteiger partial charge in [-0.3, -0.25) is 14.6 Å². The van der Waals surface area contributed by atoms with E-state index in [1.807, 2.05) is 25.3 Å². The second kappa shape index (κ2) is 9.74. The fourth-order valence-electron chi connectivity index (χ4n) is 4.70. The number of pyridine rings is 1. The normalized spacial score (nSPS) is 17.7. The first kappa shape index (κ1) is 24.8. The summed E-state index contributed by atoms with van der Waals surface area (Å²) in [6.45, 7) is 3.73. The Morgan fingerprint density at radius 3 is 2.71 bits per heavy atom. The number of primary amides is 1. The van der Waals surface area contributed by atoms with Crippen molar-refractivity contribution in [3.8, 4) is 5.75 Å². The lowest BCUT2D eigenvalue weighted by Crippen LogP contribution is -2.49. The number of carbonyl (C=O) groups excluding carboxylic acids is 1. The van der Waals surface area contributed by atoms with Crippen LogP contribution >= 0.6 is 0 Å². The summed E-state index contributed by atoms with van der Waals surface area (Å²) in [5.41, 5.74) is 15.1. The van der Waals surface area contributed by atoms with E-state index in [2.05, 4.69) is 14.9 Å². The third-order valence-corrected chi connectivity index (χ3v) is 6.53. The number of hydrogen-bond donors (Lipinski definition) is 3. The van der Waals surface area contributed by atoms with E-state index < -0.39 is 18.5 Å². The Labute approximate surface area is 201 Å². The molecule has 188 valence electrons. The molecule has 2 aromatic heterocycles. The Balaban J connectivity index is 1.68. The summed E-state index contributed by atoms with van der Waals surface area (Å²) in [4.78, 5) is 23.2. The van der Waals surface area contributed by atoms with Crippen LogP contribution in [-0.4, -0.2) is 65.1 Å². The number of alkyl halides is 3. The molecule has 1 aliphatic rings. The van der Waals surface area contributed by atoms with Gasteiger partial charge in [0.05, 0.1) is 30.8 Å². The highest BCUT2D eigenvalue weighted by molar-refractivity contribution is 5.97. The number of H-pyrrole nitrogens is 1. The molecule has 0 bridgehead atoms. The average molecular weight is 491 g/mol. The summed E-state index contributed by atoms with van der Waals surface area (Å²) < 4.78 is 44.3. The number of nitrogens with zero attached hydrogens (tertiary/aromatic N) is 3. The number of halogens is 3. The number of rotatable bonds is 7. The van der Waals surface area contributed by atoms with E-state index in [4.69, 9.17) is 16.2 Å². The van der Waals surface area contributed by atoms with Crippen LogP contribution in [0.25, 0.3) is 10.9 Å². The van der Waals surface area contributed by atoms with Gasteiger partial charge in [0.25, 0.3) is 5.91 Å². The zero-order chi connectivity index (χ0) is 25.3. The highest BCUT2D eigenvalue weighted by Gasteiger charge is 2.34. The number of aryl methyl sites for hydroxylation is 1. The first-order valence-electron chi connectivity index (χ1n) is 11.3. The van der Waals surface area contributed by atoms with Crippen LogP contribution in [0.1, 0.15) is 39.6 Å². The molecule has 1 saturated heterocycles. The van der Waals surface area contributed by atoms with E-state index >= 15 is 0 Å². The molecule has 5 N–H and O–H groups in total. The molecular formula is C24H29F3N6O2.